The summed E-state index contributed by atoms with van der Waals surface area (Å²) in [6.45, 7) is 3.82. The summed E-state index contributed by atoms with van der Waals surface area (Å²) in [5.41, 5.74) is 1.53. The number of aromatic amines is 1. The first kappa shape index (κ1) is 16.0. The molecule has 1 unspecified atom stereocenters. The Bertz CT molecular complexity index is 663. The molecule has 1 aromatic heterocycles. The van der Waals surface area contributed by atoms with E-state index < -0.39 is 11.8 Å². The zero-order valence-electron chi connectivity index (χ0n) is 12.7. The van der Waals surface area contributed by atoms with Gasteiger partial charge in [0.25, 0.3) is 0 Å². The van der Waals surface area contributed by atoms with Gasteiger partial charge in [-0.1, -0.05) is 13.8 Å². The fourth-order valence-electron chi connectivity index (χ4n) is 2.26. The smallest absolute Gasteiger partial charge is 0.313 e. The van der Waals surface area contributed by atoms with Gasteiger partial charge >= 0.3 is 11.8 Å². The molecular weight excluding hydrogens is 282 g/mol. The summed E-state index contributed by atoms with van der Waals surface area (Å²) in [5.74, 6) is -1.26. The third-order valence-electron chi connectivity index (χ3n) is 3.58. The van der Waals surface area contributed by atoms with Gasteiger partial charge in [0, 0.05) is 35.4 Å². The summed E-state index contributed by atoms with van der Waals surface area (Å²) in [6.07, 6.45) is 2.23. The van der Waals surface area contributed by atoms with Gasteiger partial charge in [0.2, 0.25) is 0 Å². The van der Waals surface area contributed by atoms with Gasteiger partial charge in [0.15, 0.2) is 0 Å². The quantitative estimate of drug-likeness (QED) is 0.632. The molecule has 1 atom stereocenters. The molecule has 2 rings (SSSR count). The zero-order chi connectivity index (χ0) is 16.1. The van der Waals surface area contributed by atoms with E-state index in [4.69, 9.17) is 5.11 Å². The summed E-state index contributed by atoms with van der Waals surface area (Å²) in [6, 6.07) is 7.03. The molecule has 0 aliphatic carbocycles. The Morgan fingerprint density at radius 3 is 2.68 bits per heavy atom. The Labute approximate surface area is 128 Å². The molecule has 22 heavy (non-hydrogen) atoms. The van der Waals surface area contributed by atoms with Crippen LogP contribution in [0.4, 0.5) is 5.69 Å². The molecule has 0 radical (unpaired) electrons. The highest BCUT2D eigenvalue weighted by Crippen LogP contribution is 2.17. The van der Waals surface area contributed by atoms with E-state index >= 15 is 0 Å². The number of aromatic nitrogens is 1. The van der Waals surface area contributed by atoms with Gasteiger partial charge in [0.05, 0.1) is 0 Å². The van der Waals surface area contributed by atoms with E-state index in [-0.39, 0.29) is 18.6 Å². The SMILES string of the molecule is CC(C)C(CCO)NC(=O)C(=O)Nc1ccc2[nH]ccc2c1. The Balaban J connectivity index is 1.99. The van der Waals surface area contributed by atoms with Crippen molar-refractivity contribution in [2.24, 2.45) is 5.92 Å². The highest BCUT2D eigenvalue weighted by molar-refractivity contribution is 6.39. The molecule has 2 amide bonds. The fourth-order valence-corrected chi connectivity index (χ4v) is 2.26. The number of hydrogen-bond acceptors (Lipinski definition) is 3. The summed E-state index contributed by atoms with van der Waals surface area (Å²) >= 11 is 0. The minimum Gasteiger partial charge on any atom is -0.396 e. The molecule has 6 heteroatoms. The number of amides is 2. The molecule has 0 spiro atoms. The molecule has 0 saturated carbocycles. The van der Waals surface area contributed by atoms with Gasteiger partial charge in [-0.25, -0.2) is 0 Å². The van der Waals surface area contributed by atoms with Crippen molar-refractivity contribution >= 4 is 28.4 Å². The van der Waals surface area contributed by atoms with Crippen LogP contribution in [0.15, 0.2) is 30.5 Å². The topological polar surface area (TPSA) is 94.2 Å². The number of hydrogen-bond donors (Lipinski definition) is 4. The normalized spacial score (nSPS) is 12.4. The lowest BCUT2D eigenvalue weighted by atomic mass is 10.0. The Morgan fingerprint density at radius 2 is 2.00 bits per heavy atom. The van der Waals surface area contributed by atoms with Gasteiger partial charge < -0.3 is 20.7 Å². The Hall–Kier alpha value is -2.34. The van der Waals surface area contributed by atoms with Crippen LogP contribution in [-0.4, -0.2) is 34.6 Å². The fraction of sp³-hybridized carbons (Fsp3) is 0.375. The lowest BCUT2D eigenvalue weighted by Gasteiger charge is -2.21. The summed E-state index contributed by atoms with van der Waals surface area (Å²) in [7, 11) is 0. The third-order valence-corrected chi connectivity index (χ3v) is 3.58. The maximum Gasteiger partial charge on any atom is 0.313 e. The molecule has 4 N–H and O–H groups in total. The number of anilines is 1. The molecule has 118 valence electrons. The number of rotatable bonds is 5. The van der Waals surface area contributed by atoms with Crippen LogP contribution in [-0.2, 0) is 9.59 Å². The number of H-pyrrole nitrogens is 1. The van der Waals surface area contributed by atoms with Crippen LogP contribution in [0.3, 0.4) is 0 Å². The van der Waals surface area contributed by atoms with E-state index in [2.05, 4.69) is 15.6 Å². The number of benzene rings is 1. The number of carbonyl (C=O) groups is 2. The van der Waals surface area contributed by atoms with Crippen LogP contribution < -0.4 is 10.6 Å². The third kappa shape index (κ3) is 3.85. The largest absolute Gasteiger partial charge is 0.396 e. The summed E-state index contributed by atoms with van der Waals surface area (Å²) in [5, 5.41) is 15.2. The number of aliphatic hydroxyl groups is 1. The molecule has 1 heterocycles. The first-order valence-corrected chi connectivity index (χ1v) is 7.31. The van der Waals surface area contributed by atoms with Crippen molar-refractivity contribution in [3.05, 3.63) is 30.5 Å². The lowest BCUT2D eigenvalue weighted by Crippen LogP contribution is -2.44. The number of fused-ring (bicyclic) bond motifs is 1. The lowest BCUT2D eigenvalue weighted by molar-refractivity contribution is -0.136. The Kier molecular flexibility index (Phi) is 5.16. The van der Waals surface area contributed by atoms with Crippen molar-refractivity contribution in [2.75, 3.05) is 11.9 Å². The first-order valence-electron chi connectivity index (χ1n) is 7.31. The van der Waals surface area contributed by atoms with Gasteiger partial charge in [-0.2, -0.15) is 0 Å². The highest BCUT2D eigenvalue weighted by Gasteiger charge is 2.20. The van der Waals surface area contributed by atoms with Crippen molar-refractivity contribution in [3.63, 3.8) is 0 Å². The monoisotopic (exact) mass is 303 g/mol. The summed E-state index contributed by atoms with van der Waals surface area (Å²) in [4.78, 5) is 27.0. The van der Waals surface area contributed by atoms with E-state index in [1.54, 1.807) is 12.1 Å². The van der Waals surface area contributed by atoms with Gasteiger partial charge in [-0.3, -0.25) is 9.59 Å². The van der Waals surface area contributed by atoms with Crippen molar-refractivity contribution in [1.29, 1.82) is 0 Å². The maximum absolute atomic E-state index is 12.0. The van der Waals surface area contributed by atoms with Crippen LogP contribution in [0.5, 0.6) is 0 Å². The zero-order valence-corrected chi connectivity index (χ0v) is 12.7. The summed E-state index contributed by atoms with van der Waals surface area (Å²) < 4.78 is 0. The minimum atomic E-state index is -0.710. The van der Waals surface area contributed by atoms with Gasteiger partial charge in [-0.15, -0.1) is 0 Å². The molecule has 2 aromatic rings. The molecule has 1 aromatic carbocycles. The van der Waals surface area contributed by atoms with Crippen LogP contribution in [0.2, 0.25) is 0 Å². The molecule has 6 nitrogen and oxygen atoms in total. The van der Waals surface area contributed by atoms with Crippen molar-refractivity contribution in [3.8, 4) is 0 Å². The molecule has 0 aliphatic heterocycles. The minimum absolute atomic E-state index is 0.0328. The molecule has 0 bridgehead atoms. The van der Waals surface area contributed by atoms with Gasteiger partial charge in [0.1, 0.15) is 0 Å². The molecule has 0 saturated heterocycles. The second-order valence-electron chi connectivity index (χ2n) is 5.57. The molecular formula is C16H21N3O3. The predicted molar refractivity (Wildman–Crippen MR) is 85.4 cm³/mol. The molecule has 0 fully saturated rings. The van der Waals surface area contributed by atoms with Crippen molar-refractivity contribution < 1.29 is 14.7 Å². The van der Waals surface area contributed by atoms with Crippen LogP contribution in [0, 0.1) is 5.92 Å². The number of nitrogens with one attached hydrogen (secondary N) is 3. The van der Waals surface area contributed by atoms with E-state index in [1.807, 2.05) is 32.2 Å². The maximum atomic E-state index is 12.0. The number of carbonyl (C=O) groups excluding carboxylic acids is 2. The van der Waals surface area contributed by atoms with E-state index in [1.165, 1.54) is 0 Å². The highest BCUT2D eigenvalue weighted by atomic mass is 16.3. The van der Waals surface area contributed by atoms with E-state index in [0.717, 1.165) is 10.9 Å². The second kappa shape index (κ2) is 7.09. The van der Waals surface area contributed by atoms with Crippen molar-refractivity contribution in [1.82, 2.24) is 10.3 Å². The van der Waals surface area contributed by atoms with Crippen molar-refractivity contribution in [2.45, 2.75) is 26.3 Å². The Morgan fingerprint density at radius 1 is 1.23 bits per heavy atom. The van der Waals surface area contributed by atoms with E-state index in [0.29, 0.717) is 12.1 Å². The number of aliphatic hydroxyl groups excluding tert-OH is 1. The molecule has 0 aliphatic rings. The average molecular weight is 303 g/mol. The van der Waals surface area contributed by atoms with Crippen LogP contribution >= 0.6 is 0 Å². The standard InChI is InChI=1S/C16H21N3O3/c1-10(2)13(6-8-20)19-16(22)15(21)18-12-3-4-14-11(9-12)5-7-17-14/h3-5,7,9-10,13,17,20H,6,8H2,1-2H3,(H,18,21)(H,19,22). The first-order chi connectivity index (χ1) is 10.5. The van der Waals surface area contributed by atoms with E-state index in [9.17, 15) is 9.59 Å². The van der Waals surface area contributed by atoms with Crippen LogP contribution in [0.1, 0.15) is 20.3 Å². The van der Waals surface area contributed by atoms with Gasteiger partial charge in [-0.05, 0) is 36.6 Å². The van der Waals surface area contributed by atoms with Crippen LogP contribution in [0.25, 0.3) is 10.9 Å². The average Bonchev–Trinajstić information content (AvgIpc) is 2.94. The second-order valence-corrected chi connectivity index (χ2v) is 5.57. The predicted octanol–water partition coefficient (Wildman–Crippen LogP) is 1.63.